The van der Waals surface area contributed by atoms with Crippen molar-refractivity contribution in [2.24, 2.45) is 0 Å². The van der Waals surface area contributed by atoms with Crippen molar-refractivity contribution in [3.05, 3.63) is 31.6 Å². The van der Waals surface area contributed by atoms with E-state index in [1.807, 2.05) is 18.7 Å². The molecule has 1 saturated heterocycles. The van der Waals surface area contributed by atoms with Gasteiger partial charge in [-0.15, -0.1) is 0 Å². The zero-order valence-electron chi connectivity index (χ0n) is 9.66. The Hall–Kier alpha value is -0.680. The van der Waals surface area contributed by atoms with Gasteiger partial charge in [0.05, 0.1) is 5.56 Å². The molecule has 1 N–H and O–H groups in total. The summed E-state index contributed by atoms with van der Waals surface area (Å²) in [4.78, 5) is 26.6. The van der Waals surface area contributed by atoms with Gasteiger partial charge >= 0.3 is 5.69 Å². The number of nitrogens with one attached hydrogen (secondary N) is 1. The molecule has 1 fully saturated rings. The van der Waals surface area contributed by atoms with Crippen LogP contribution in [0.25, 0.3) is 0 Å². The molecule has 0 unspecified atom stereocenters. The Labute approximate surface area is 108 Å². The predicted molar refractivity (Wildman–Crippen MR) is 71.3 cm³/mol. The first-order valence-electron chi connectivity index (χ1n) is 5.76. The van der Waals surface area contributed by atoms with E-state index in [0.717, 1.165) is 24.3 Å². The van der Waals surface area contributed by atoms with Crippen LogP contribution in [0, 0.1) is 0 Å². The Kier molecular flexibility index (Phi) is 3.99. The molecule has 0 radical (unpaired) electrons. The number of thioether (sulfide) groups is 1. The van der Waals surface area contributed by atoms with Crippen LogP contribution in [0.1, 0.15) is 31.4 Å². The summed E-state index contributed by atoms with van der Waals surface area (Å²) in [5.74, 6) is 2.00. The first-order valence-corrected chi connectivity index (χ1v) is 7.29. The zero-order valence-corrected chi connectivity index (χ0v) is 11.2. The number of aromatic amines is 1. The van der Waals surface area contributed by atoms with E-state index in [1.54, 1.807) is 0 Å². The molecule has 1 aromatic heterocycles. The number of aromatic nitrogens is 2. The molecular weight excluding hydrogens is 260 g/mol. The normalized spacial score (nSPS) is 17.3. The van der Waals surface area contributed by atoms with Crippen molar-refractivity contribution in [2.75, 3.05) is 11.5 Å². The van der Waals surface area contributed by atoms with E-state index in [4.69, 9.17) is 11.6 Å². The lowest BCUT2D eigenvalue weighted by atomic mass is 10.1. The Morgan fingerprint density at radius 2 is 2.06 bits per heavy atom. The van der Waals surface area contributed by atoms with E-state index in [0.29, 0.717) is 12.0 Å². The average Bonchev–Trinajstić information content (AvgIpc) is 2.30. The molecule has 2 rings (SSSR count). The lowest BCUT2D eigenvalue weighted by Gasteiger charge is -2.23. The second-order valence-electron chi connectivity index (χ2n) is 4.09. The summed E-state index contributed by atoms with van der Waals surface area (Å²) in [6.45, 7) is 1.86. The van der Waals surface area contributed by atoms with Gasteiger partial charge in [-0.1, -0.05) is 18.5 Å². The third-order valence-corrected chi connectivity index (χ3v) is 4.46. The average molecular weight is 275 g/mol. The molecule has 0 bridgehead atoms. The van der Waals surface area contributed by atoms with Crippen LogP contribution in [-0.4, -0.2) is 21.1 Å². The lowest BCUT2D eigenvalue weighted by molar-refractivity contribution is 0.435. The van der Waals surface area contributed by atoms with Crippen molar-refractivity contribution in [1.82, 2.24) is 9.55 Å². The molecule has 4 nitrogen and oxygen atoms in total. The predicted octanol–water partition coefficient (Wildman–Crippen LogP) is 1.82. The van der Waals surface area contributed by atoms with Crippen LogP contribution in [0.15, 0.2) is 9.59 Å². The van der Waals surface area contributed by atoms with Gasteiger partial charge in [0.15, 0.2) is 0 Å². The molecule has 0 atom stereocenters. The second-order valence-corrected chi connectivity index (χ2v) is 5.70. The van der Waals surface area contributed by atoms with Gasteiger partial charge in [0.2, 0.25) is 0 Å². The molecule has 1 aliphatic rings. The van der Waals surface area contributed by atoms with Crippen molar-refractivity contribution < 1.29 is 0 Å². The molecule has 94 valence electrons. The van der Waals surface area contributed by atoms with Gasteiger partial charge in [0, 0.05) is 6.04 Å². The standard InChI is InChI=1S/C11H15ClN2O2S/c1-2-8-9(12)13-11(16)14(10(8)15)7-3-5-17-6-4-7/h7H,2-6H2,1H3,(H,13,16). The number of rotatable bonds is 2. The van der Waals surface area contributed by atoms with Crippen LogP contribution in [0.4, 0.5) is 0 Å². The topological polar surface area (TPSA) is 54.9 Å². The quantitative estimate of drug-likeness (QED) is 0.837. The summed E-state index contributed by atoms with van der Waals surface area (Å²) in [5.41, 5.74) is -0.100. The molecule has 0 aromatic carbocycles. The lowest BCUT2D eigenvalue weighted by Crippen LogP contribution is -2.41. The fraction of sp³-hybridized carbons (Fsp3) is 0.636. The van der Waals surface area contributed by atoms with Gasteiger partial charge in [0.1, 0.15) is 5.15 Å². The summed E-state index contributed by atoms with van der Waals surface area (Å²) < 4.78 is 1.35. The van der Waals surface area contributed by atoms with Gasteiger partial charge in [-0.05, 0) is 30.8 Å². The molecule has 2 heterocycles. The van der Waals surface area contributed by atoms with Crippen LogP contribution in [0.5, 0.6) is 0 Å². The smallest absolute Gasteiger partial charge is 0.297 e. The highest BCUT2D eigenvalue weighted by atomic mass is 35.5. The SMILES string of the molecule is CCc1c(Cl)[nH]c(=O)n(C2CCSCC2)c1=O. The largest absolute Gasteiger partial charge is 0.329 e. The maximum atomic E-state index is 12.2. The molecule has 17 heavy (non-hydrogen) atoms. The van der Waals surface area contributed by atoms with Gasteiger partial charge in [0.25, 0.3) is 5.56 Å². The first-order chi connectivity index (χ1) is 8.15. The summed E-state index contributed by atoms with van der Waals surface area (Å²) in [6.07, 6.45) is 2.28. The Morgan fingerprint density at radius 1 is 1.41 bits per heavy atom. The zero-order chi connectivity index (χ0) is 12.4. The number of H-pyrrole nitrogens is 1. The van der Waals surface area contributed by atoms with E-state index in [2.05, 4.69) is 4.98 Å². The van der Waals surface area contributed by atoms with Gasteiger partial charge in [-0.2, -0.15) is 11.8 Å². The number of halogens is 1. The summed E-state index contributed by atoms with van der Waals surface area (Å²) in [7, 11) is 0. The minimum absolute atomic E-state index is 0.0232. The summed E-state index contributed by atoms with van der Waals surface area (Å²) in [6, 6.07) is 0.0232. The van der Waals surface area contributed by atoms with Gasteiger partial charge in [-0.25, -0.2) is 4.79 Å². The molecule has 0 saturated carbocycles. The van der Waals surface area contributed by atoms with E-state index in [1.165, 1.54) is 4.57 Å². The van der Waals surface area contributed by atoms with Crippen molar-refractivity contribution in [2.45, 2.75) is 32.2 Å². The van der Waals surface area contributed by atoms with Crippen molar-refractivity contribution in [1.29, 1.82) is 0 Å². The molecule has 1 aromatic rings. The Balaban J connectivity index is 2.53. The van der Waals surface area contributed by atoms with Crippen molar-refractivity contribution in [3.63, 3.8) is 0 Å². The van der Waals surface area contributed by atoms with Gasteiger partial charge < -0.3 is 0 Å². The van der Waals surface area contributed by atoms with Crippen LogP contribution in [-0.2, 0) is 6.42 Å². The maximum Gasteiger partial charge on any atom is 0.329 e. The first kappa shape index (κ1) is 12.8. The second kappa shape index (κ2) is 5.31. The van der Waals surface area contributed by atoms with Gasteiger partial charge in [-0.3, -0.25) is 14.3 Å². The third kappa shape index (κ3) is 2.45. The van der Waals surface area contributed by atoms with Crippen LogP contribution in [0.3, 0.4) is 0 Å². The minimum atomic E-state index is -0.380. The Bertz CT molecular complexity index is 517. The Morgan fingerprint density at radius 3 is 2.65 bits per heavy atom. The molecule has 0 spiro atoms. The molecule has 6 heteroatoms. The van der Waals surface area contributed by atoms with E-state index < -0.39 is 0 Å². The third-order valence-electron chi connectivity index (χ3n) is 3.09. The fourth-order valence-corrected chi connectivity index (χ4v) is 3.52. The monoisotopic (exact) mass is 274 g/mol. The van der Waals surface area contributed by atoms with Crippen LogP contribution in [0.2, 0.25) is 5.15 Å². The highest BCUT2D eigenvalue weighted by Crippen LogP contribution is 2.25. The van der Waals surface area contributed by atoms with Crippen molar-refractivity contribution in [3.8, 4) is 0 Å². The molecular formula is C11H15ClN2O2S. The molecule has 1 aliphatic heterocycles. The highest BCUT2D eigenvalue weighted by Gasteiger charge is 2.21. The van der Waals surface area contributed by atoms with E-state index >= 15 is 0 Å². The van der Waals surface area contributed by atoms with E-state index in [9.17, 15) is 9.59 Å². The molecule has 0 amide bonds. The van der Waals surface area contributed by atoms with Crippen LogP contribution >= 0.6 is 23.4 Å². The van der Waals surface area contributed by atoms with E-state index in [-0.39, 0.29) is 22.4 Å². The fourth-order valence-electron chi connectivity index (χ4n) is 2.14. The number of hydrogen-bond acceptors (Lipinski definition) is 3. The number of hydrogen-bond donors (Lipinski definition) is 1. The summed E-state index contributed by atoms with van der Waals surface area (Å²) >= 11 is 7.74. The highest BCUT2D eigenvalue weighted by molar-refractivity contribution is 7.99. The van der Waals surface area contributed by atoms with Crippen LogP contribution < -0.4 is 11.2 Å². The van der Waals surface area contributed by atoms with Crippen molar-refractivity contribution >= 4 is 23.4 Å². The number of nitrogens with zero attached hydrogens (tertiary/aromatic N) is 1. The minimum Gasteiger partial charge on any atom is -0.297 e. The summed E-state index contributed by atoms with van der Waals surface area (Å²) in [5, 5.41) is 0.184. The molecule has 0 aliphatic carbocycles. The maximum absolute atomic E-state index is 12.2.